The molecule has 7 nitrogen and oxygen atoms in total. The van der Waals surface area contributed by atoms with E-state index in [9.17, 15) is 9.59 Å². The summed E-state index contributed by atoms with van der Waals surface area (Å²) in [5, 5.41) is 4.47. The number of amides is 1. The minimum absolute atomic E-state index is 0.207. The van der Waals surface area contributed by atoms with E-state index in [1.165, 1.54) is 0 Å². The summed E-state index contributed by atoms with van der Waals surface area (Å²) in [6.45, 7) is 6.72. The molecule has 1 aliphatic rings. The van der Waals surface area contributed by atoms with E-state index in [1.54, 1.807) is 22.6 Å². The Bertz CT molecular complexity index is 1130. The molecule has 7 heteroatoms. The third kappa shape index (κ3) is 3.37. The predicted molar refractivity (Wildman–Crippen MR) is 110 cm³/mol. The first-order valence-corrected chi connectivity index (χ1v) is 9.80. The summed E-state index contributed by atoms with van der Waals surface area (Å²) in [7, 11) is 1.71. The van der Waals surface area contributed by atoms with Gasteiger partial charge in [-0.15, -0.1) is 0 Å². The standard InChI is InChI=1S/C22H25N5O2/c1-14-12-18(21(28)25(4)15(14)2)22(29)26-10-11-27-20(23-16(3)24-27)19(26)13-17-8-6-5-7-9-17/h5-9,12,19H,10-11,13H2,1-4H3/t19-/m0/s1. The van der Waals surface area contributed by atoms with Crippen molar-refractivity contribution in [1.29, 1.82) is 0 Å². The lowest BCUT2D eigenvalue weighted by atomic mass is 10.0. The van der Waals surface area contributed by atoms with Gasteiger partial charge in [-0.05, 0) is 38.0 Å². The molecule has 3 heterocycles. The SMILES string of the molecule is Cc1nc2n(n1)CCN(C(=O)c1cc(C)c(C)n(C)c1=O)[C@H]2Cc1ccccc1. The number of carbonyl (C=O) groups excluding carboxylic acids is 1. The molecule has 0 N–H and O–H groups in total. The second kappa shape index (κ2) is 7.31. The van der Waals surface area contributed by atoms with E-state index in [4.69, 9.17) is 0 Å². The van der Waals surface area contributed by atoms with Crippen LogP contribution < -0.4 is 5.56 Å². The minimum atomic E-state index is -0.272. The highest BCUT2D eigenvalue weighted by Gasteiger charge is 2.35. The molecule has 1 atom stereocenters. The quantitative estimate of drug-likeness (QED) is 0.687. The van der Waals surface area contributed by atoms with Gasteiger partial charge < -0.3 is 9.47 Å². The van der Waals surface area contributed by atoms with Crippen LogP contribution in [0.15, 0.2) is 41.2 Å². The summed E-state index contributed by atoms with van der Waals surface area (Å²) < 4.78 is 3.43. The third-order valence-electron chi connectivity index (χ3n) is 5.77. The Balaban J connectivity index is 1.77. The van der Waals surface area contributed by atoms with Crippen LogP contribution in [0.25, 0.3) is 0 Å². The summed E-state index contributed by atoms with van der Waals surface area (Å²) in [6, 6.07) is 11.5. The van der Waals surface area contributed by atoms with E-state index >= 15 is 0 Å². The lowest BCUT2D eigenvalue weighted by molar-refractivity contribution is 0.0605. The van der Waals surface area contributed by atoms with Gasteiger partial charge in [0, 0.05) is 25.7 Å². The minimum Gasteiger partial charge on any atom is -0.326 e. The highest BCUT2D eigenvalue weighted by Crippen LogP contribution is 2.29. The van der Waals surface area contributed by atoms with Crippen molar-refractivity contribution in [1.82, 2.24) is 24.2 Å². The summed E-state index contributed by atoms with van der Waals surface area (Å²) in [4.78, 5) is 32.7. The van der Waals surface area contributed by atoms with Crippen LogP contribution in [-0.2, 0) is 20.0 Å². The van der Waals surface area contributed by atoms with Gasteiger partial charge in [0.1, 0.15) is 17.2 Å². The molecule has 29 heavy (non-hydrogen) atoms. The van der Waals surface area contributed by atoms with Crippen LogP contribution in [-0.4, -0.2) is 36.7 Å². The number of pyridine rings is 1. The van der Waals surface area contributed by atoms with Crippen LogP contribution in [0.5, 0.6) is 0 Å². The molecule has 0 spiro atoms. The lowest BCUT2D eigenvalue weighted by Gasteiger charge is -2.35. The Labute approximate surface area is 169 Å². The molecule has 0 saturated heterocycles. The fourth-order valence-electron chi connectivity index (χ4n) is 3.95. The fraction of sp³-hybridized carbons (Fsp3) is 0.364. The zero-order chi connectivity index (χ0) is 20.7. The number of rotatable bonds is 3. The molecule has 0 fully saturated rings. The Morgan fingerprint density at radius 2 is 1.86 bits per heavy atom. The third-order valence-corrected chi connectivity index (χ3v) is 5.77. The maximum absolute atomic E-state index is 13.5. The molecule has 0 unspecified atom stereocenters. The molecule has 150 valence electrons. The highest BCUT2D eigenvalue weighted by atomic mass is 16.2. The maximum Gasteiger partial charge on any atom is 0.263 e. The average Bonchev–Trinajstić information content (AvgIpc) is 3.10. The van der Waals surface area contributed by atoms with Crippen molar-refractivity contribution >= 4 is 5.91 Å². The molecule has 0 bridgehead atoms. The Hall–Kier alpha value is -3.22. The molecule has 0 radical (unpaired) electrons. The zero-order valence-electron chi connectivity index (χ0n) is 17.2. The van der Waals surface area contributed by atoms with Crippen LogP contribution in [0.1, 0.15) is 44.9 Å². The molecule has 1 amide bonds. The zero-order valence-corrected chi connectivity index (χ0v) is 17.2. The van der Waals surface area contributed by atoms with E-state index in [0.717, 1.165) is 22.6 Å². The number of carbonyl (C=O) groups is 1. The smallest absolute Gasteiger partial charge is 0.263 e. The number of benzene rings is 1. The van der Waals surface area contributed by atoms with Crippen molar-refractivity contribution in [2.45, 2.75) is 39.8 Å². The molecule has 0 aliphatic carbocycles. The fourth-order valence-corrected chi connectivity index (χ4v) is 3.95. The van der Waals surface area contributed by atoms with Gasteiger partial charge >= 0.3 is 0 Å². The van der Waals surface area contributed by atoms with Crippen LogP contribution in [0.4, 0.5) is 0 Å². The largest absolute Gasteiger partial charge is 0.326 e. The summed E-state index contributed by atoms with van der Waals surface area (Å²) in [6.07, 6.45) is 0.621. The van der Waals surface area contributed by atoms with E-state index in [0.29, 0.717) is 25.3 Å². The first-order valence-electron chi connectivity index (χ1n) is 9.80. The van der Waals surface area contributed by atoms with Gasteiger partial charge in [0.2, 0.25) is 0 Å². The molecule has 1 aromatic carbocycles. The summed E-state index contributed by atoms with van der Waals surface area (Å²) in [5.41, 5.74) is 2.84. The molecule has 3 aromatic rings. The maximum atomic E-state index is 13.5. The molecule has 4 rings (SSSR count). The molecule has 2 aromatic heterocycles. The van der Waals surface area contributed by atoms with Crippen LogP contribution >= 0.6 is 0 Å². The van der Waals surface area contributed by atoms with Crippen molar-refractivity contribution in [2.75, 3.05) is 6.54 Å². The molecular weight excluding hydrogens is 366 g/mol. The number of aryl methyl sites for hydroxylation is 2. The van der Waals surface area contributed by atoms with E-state index < -0.39 is 0 Å². The number of nitrogens with zero attached hydrogens (tertiary/aromatic N) is 5. The van der Waals surface area contributed by atoms with Gasteiger partial charge in [-0.25, -0.2) is 9.67 Å². The van der Waals surface area contributed by atoms with Gasteiger partial charge in [-0.1, -0.05) is 30.3 Å². The molecule has 1 aliphatic heterocycles. The van der Waals surface area contributed by atoms with Crippen molar-refractivity contribution in [2.24, 2.45) is 7.05 Å². The van der Waals surface area contributed by atoms with Crippen LogP contribution in [0.2, 0.25) is 0 Å². The Morgan fingerprint density at radius 3 is 2.59 bits per heavy atom. The van der Waals surface area contributed by atoms with Crippen LogP contribution in [0, 0.1) is 20.8 Å². The normalized spacial score (nSPS) is 16.0. The number of hydrogen-bond donors (Lipinski definition) is 0. The lowest BCUT2D eigenvalue weighted by Crippen LogP contribution is -2.45. The van der Waals surface area contributed by atoms with E-state index in [2.05, 4.69) is 10.1 Å². The number of hydrogen-bond acceptors (Lipinski definition) is 4. The summed E-state index contributed by atoms with van der Waals surface area (Å²) in [5.74, 6) is 1.21. The monoisotopic (exact) mass is 391 g/mol. The van der Waals surface area contributed by atoms with Gasteiger partial charge in [0.05, 0.1) is 12.6 Å². The van der Waals surface area contributed by atoms with E-state index in [-0.39, 0.29) is 23.1 Å². The van der Waals surface area contributed by atoms with Crippen molar-refractivity contribution < 1.29 is 4.79 Å². The van der Waals surface area contributed by atoms with E-state index in [1.807, 2.05) is 55.8 Å². The topological polar surface area (TPSA) is 73.0 Å². The molecule has 0 saturated carbocycles. The van der Waals surface area contributed by atoms with Gasteiger partial charge in [0.15, 0.2) is 0 Å². The second-order valence-corrected chi connectivity index (χ2v) is 7.64. The second-order valence-electron chi connectivity index (χ2n) is 7.64. The predicted octanol–water partition coefficient (Wildman–Crippen LogP) is 2.34. The average molecular weight is 391 g/mol. The van der Waals surface area contributed by atoms with Gasteiger partial charge in [0.25, 0.3) is 11.5 Å². The Kier molecular flexibility index (Phi) is 4.82. The highest BCUT2D eigenvalue weighted by molar-refractivity contribution is 5.94. The first kappa shape index (κ1) is 19.1. The summed E-state index contributed by atoms with van der Waals surface area (Å²) >= 11 is 0. The van der Waals surface area contributed by atoms with Crippen molar-refractivity contribution in [3.63, 3.8) is 0 Å². The first-order chi connectivity index (χ1) is 13.9. The number of aromatic nitrogens is 4. The Morgan fingerprint density at radius 1 is 1.14 bits per heavy atom. The van der Waals surface area contributed by atoms with Gasteiger partial charge in [-0.2, -0.15) is 5.10 Å². The van der Waals surface area contributed by atoms with Crippen molar-refractivity contribution in [3.8, 4) is 0 Å². The molecular formula is C22H25N5O2. The van der Waals surface area contributed by atoms with Crippen molar-refractivity contribution in [3.05, 3.63) is 80.8 Å². The number of fused-ring (bicyclic) bond motifs is 1. The van der Waals surface area contributed by atoms with Gasteiger partial charge in [-0.3, -0.25) is 9.59 Å². The van der Waals surface area contributed by atoms with Crippen LogP contribution in [0.3, 0.4) is 0 Å².